The third-order valence-electron chi connectivity index (χ3n) is 4.46. The van der Waals surface area contributed by atoms with E-state index in [1.807, 2.05) is 54.6 Å². The van der Waals surface area contributed by atoms with Gasteiger partial charge < -0.3 is 20.3 Å². The maximum atomic E-state index is 12.1. The van der Waals surface area contributed by atoms with Gasteiger partial charge in [0.15, 0.2) is 0 Å². The fourth-order valence-corrected chi connectivity index (χ4v) is 2.90. The van der Waals surface area contributed by atoms with Crippen LogP contribution in [0.3, 0.4) is 0 Å². The number of nitrogens with zero attached hydrogens (tertiary/aromatic N) is 1. The van der Waals surface area contributed by atoms with Gasteiger partial charge in [0.25, 0.3) is 0 Å². The van der Waals surface area contributed by atoms with E-state index < -0.39 is 0 Å². The van der Waals surface area contributed by atoms with Crippen molar-refractivity contribution in [3.8, 4) is 0 Å². The summed E-state index contributed by atoms with van der Waals surface area (Å²) in [6.07, 6.45) is 1.16. The van der Waals surface area contributed by atoms with Crippen molar-refractivity contribution in [1.29, 1.82) is 0 Å². The lowest BCUT2D eigenvalue weighted by molar-refractivity contribution is -0.133. The van der Waals surface area contributed by atoms with E-state index >= 15 is 0 Å². The number of aryl methyl sites for hydroxylation is 1. The molecule has 0 atom stereocenters. The van der Waals surface area contributed by atoms with E-state index in [1.165, 1.54) is 0 Å². The number of rotatable bonds is 7. The maximum absolute atomic E-state index is 12.1. The summed E-state index contributed by atoms with van der Waals surface area (Å²) in [7, 11) is 0. The van der Waals surface area contributed by atoms with E-state index in [0.29, 0.717) is 32.7 Å². The third kappa shape index (κ3) is 6.11. The topological polar surface area (TPSA) is 70.7 Å². The smallest absolute Gasteiger partial charge is 0.242 e. The molecule has 2 aromatic rings. The number of hydrogen-bond acceptors (Lipinski definition) is 4. The molecule has 1 aliphatic heterocycles. The molecule has 0 bridgehead atoms. The lowest BCUT2D eigenvalue weighted by atomic mass is 10.1. The van der Waals surface area contributed by atoms with Crippen LogP contribution in [-0.2, 0) is 20.7 Å². The van der Waals surface area contributed by atoms with Crippen LogP contribution in [0, 0.1) is 0 Å². The molecular weight excluding hydrogens is 342 g/mol. The highest BCUT2D eigenvalue weighted by atomic mass is 16.5. The highest BCUT2D eigenvalue weighted by molar-refractivity contribution is 5.91. The van der Waals surface area contributed by atoms with Crippen molar-refractivity contribution < 1.29 is 14.3 Å². The summed E-state index contributed by atoms with van der Waals surface area (Å²) in [5.41, 5.74) is 2.74. The number of anilines is 2. The minimum Gasteiger partial charge on any atom is -0.378 e. The van der Waals surface area contributed by atoms with Crippen molar-refractivity contribution >= 4 is 23.2 Å². The van der Waals surface area contributed by atoms with Crippen LogP contribution in [0.5, 0.6) is 0 Å². The summed E-state index contributed by atoms with van der Waals surface area (Å²) in [5.74, 6) is 0.0543. The molecule has 2 aromatic carbocycles. The summed E-state index contributed by atoms with van der Waals surface area (Å²) in [5, 5.41) is 6.02. The number of amides is 2. The van der Waals surface area contributed by atoms with E-state index in [4.69, 9.17) is 4.74 Å². The van der Waals surface area contributed by atoms with E-state index in [2.05, 4.69) is 10.6 Å². The van der Waals surface area contributed by atoms with Crippen molar-refractivity contribution in [2.75, 3.05) is 43.5 Å². The molecule has 0 radical (unpaired) electrons. The van der Waals surface area contributed by atoms with E-state index in [-0.39, 0.29) is 18.4 Å². The number of hydrogen-bond donors (Lipinski definition) is 2. The monoisotopic (exact) mass is 367 g/mol. The average Bonchev–Trinajstić information content (AvgIpc) is 2.73. The molecule has 6 heteroatoms. The molecule has 142 valence electrons. The number of ether oxygens (including phenoxy) is 1. The van der Waals surface area contributed by atoms with Gasteiger partial charge in [-0.3, -0.25) is 9.59 Å². The second-order valence-corrected chi connectivity index (χ2v) is 6.46. The first kappa shape index (κ1) is 18.9. The first-order chi connectivity index (χ1) is 13.2. The molecule has 6 nitrogen and oxygen atoms in total. The van der Waals surface area contributed by atoms with Gasteiger partial charge in [0.1, 0.15) is 0 Å². The number of carbonyl (C=O) groups excluding carboxylic acids is 2. The van der Waals surface area contributed by atoms with E-state index in [9.17, 15) is 9.59 Å². The molecule has 0 unspecified atom stereocenters. The highest BCUT2D eigenvalue weighted by Gasteiger charge is 2.16. The minimum atomic E-state index is -0.0120. The SMILES string of the molecule is O=C(CCc1ccccc1)Nc1ccc(NCC(=O)N2CCOCC2)cc1. The molecule has 1 heterocycles. The molecule has 27 heavy (non-hydrogen) atoms. The number of morpholine rings is 1. The molecule has 2 N–H and O–H groups in total. The minimum absolute atomic E-state index is 0.0120. The van der Waals surface area contributed by atoms with Gasteiger partial charge in [-0.1, -0.05) is 30.3 Å². The van der Waals surface area contributed by atoms with Crippen LogP contribution in [0.2, 0.25) is 0 Å². The third-order valence-corrected chi connectivity index (χ3v) is 4.46. The largest absolute Gasteiger partial charge is 0.378 e. The molecule has 3 rings (SSSR count). The van der Waals surface area contributed by atoms with Gasteiger partial charge in [-0.05, 0) is 36.2 Å². The standard InChI is InChI=1S/C21H25N3O3/c25-20(11-6-17-4-2-1-3-5-17)23-19-9-7-18(8-10-19)22-16-21(26)24-12-14-27-15-13-24/h1-5,7-10,22H,6,11-16H2,(H,23,25). The predicted molar refractivity (Wildman–Crippen MR) is 106 cm³/mol. The zero-order valence-corrected chi connectivity index (χ0v) is 15.3. The molecule has 0 aromatic heterocycles. The van der Waals surface area contributed by atoms with Crippen LogP contribution in [0.15, 0.2) is 54.6 Å². The Balaban J connectivity index is 1.41. The number of benzene rings is 2. The van der Waals surface area contributed by atoms with Crippen LogP contribution in [0.1, 0.15) is 12.0 Å². The number of carbonyl (C=O) groups is 2. The lowest BCUT2D eigenvalue weighted by Gasteiger charge is -2.27. The Morgan fingerprint density at radius 3 is 2.30 bits per heavy atom. The normalized spacial score (nSPS) is 13.9. The average molecular weight is 367 g/mol. The highest BCUT2D eigenvalue weighted by Crippen LogP contribution is 2.14. The van der Waals surface area contributed by atoms with Crippen LogP contribution < -0.4 is 10.6 Å². The van der Waals surface area contributed by atoms with Crippen LogP contribution in [0.25, 0.3) is 0 Å². The van der Waals surface area contributed by atoms with Gasteiger partial charge in [0.2, 0.25) is 11.8 Å². The van der Waals surface area contributed by atoms with E-state index in [0.717, 1.165) is 23.4 Å². The Morgan fingerprint density at radius 1 is 0.926 bits per heavy atom. The molecule has 0 spiro atoms. The van der Waals surface area contributed by atoms with Gasteiger partial charge >= 0.3 is 0 Å². The molecule has 1 fully saturated rings. The fourth-order valence-electron chi connectivity index (χ4n) is 2.90. The molecule has 1 aliphatic rings. The van der Waals surface area contributed by atoms with Crippen LogP contribution in [-0.4, -0.2) is 49.6 Å². The molecule has 0 saturated carbocycles. The first-order valence-electron chi connectivity index (χ1n) is 9.24. The van der Waals surface area contributed by atoms with Gasteiger partial charge in [-0.25, -0.2) is 0 Å². The Hall–Kier alpha value is -2.86. The molecule has 2 amide bonds. The van der Waals surface area contributed by atoms with Crippen molar-refractivity contribution in [2.24, 2.45) is 0 Å². The van der Waals surface area contributed by atoms with Crippen LogP contribution in [0.4, 0.5) is 11.4 Å². The number of nitrogens with one attached hydrogen (secondary N) is 2. The predicted octanol–water partition coefficient (Wildman–Crippen LogP) is 2.53. The van der Waals surface area contributed by atoms with Crippen molar-refractivity contribution in [1.82, 2.24) is 4.90 Å². The van der Waals surface area contributed by atoms with Gasteiger partial charge in [0.05, 0.1) is 19.8 Å². The van der Waals surface area contributed by atoms with E-state index in [1.54, 1.807) is 4.90 Å². The summed E-state index contributed by atoms with van der Waals surface area (Å²) in [6.45, 7) is 2.75. The molecular formula is C21H25N3O3. The Bertz CT molecular complexity index is 741. The zero-order valence-electron chi connectivity index (χ0n) is 15.3. The van der Waals surface area contributed by atoms with Gasteiger partial charge in [-0.15, -0.1) is 0 Å². The summed E-state index contributed by atoms with van der Waals surface area (Å²) in [6, 6.07) is 17.3. The first-order valence-corrected chi connectivity index (χ1v) is 9.24. The summed E-state index contributed by atoms with van der Waals surface area (Å²) in [4.78, 5) is 26.0. The fraction of sp³-hybridized carbons (Fsp3) is 0.333. The zero-order chi connectivity index (χ0) is 18.9. The quantitative estimate of drug-likeness (QED) is 0.789. The maximum Gasteiger partial charge on any atom is 0.242 e. The van der Waals surface area contributed by atoms with Gasteiger partial charge in [-0.2, -0.15) is 0 Å². The second kappa shape index (κ2) is 9.73. The Labute approximate surface area is 159 Å². The van der Waals surface area contributed by atoms with Crippen molar-refractivity contribution in [2.45, 2.75) is 12.8 Å². The molecule has 1 saturated heterocycles. The Morgan fingerprint density at radius 2 is 1.59 bits per heavy atom. The van der Waals surface area contributed by atoms with Gasteiger partial charge in [0, 0.05) is 30.9 Å². The van der Waals surface area contributed by atoms with Crippen LogP contribution >= 0.6 is 0 Å². The summed E-state index contributed by atoms with van der Waals surface area (Å²) < 4.78 is 5.25. The lowest BCUT2D eigenvalue weighted by Crippen LogP contribution is -2.43. The summed E-state index contributed by atoms with van der Waals surface area (Å²) >= 11 is 0. The Kier molecular flexibility index (Phi) is 6.82. The second-order valence-electron chi connectivity index (χ2n) is 6.46. The van der Waals surface area contributed by atoms with Crippen molar-refractivity contribution in [3.05, 3.63) is 60.2 Å². The molecule has 0 aliphatic carbocycles. The van der Waals surface area contributed by atoms with Crippen molar-refractivity contribution in [3.63, 3.8) is 0 Å².